The van der Waals surface area contributed by atoms with Crippen LogP contribution < -0.4 is 15.6 Å². The highest BCUT2D eigenvalue weighted by Gasteiger charge is 2.43. The zero-order valence-corrected chi connectivity index (χ0v) is 24.5. The van der Waals surface area contributed by atoms with Gasteiger partial charge in [-0.2, -0.15) is 0 Å². The Morgan fingerprint density at radius 2 is 1.87 bits per heavy atom. The van der Waals surface area contributed by atoms with Gasteiger partial charge in [0.1, 0.15) is 17.7 Å². The number of nitrogens with one attached hydrogen (secondary N) is 1. The minimum Gasteiger partial charge on any atom is -0.509 e. The van der Waals surface area contributed by atoms with Gasteiger partial charge >= 0.3 is 0 Å². The van der Waals surface area contributed by atoms with Gasteiger partial charge in [0.2, 0.25) is 5.88 Å². The highest BCUT2D eigenvalue weighted by molar-refractivity contribution is 7.97. The second-order valence-electron chi connectivity index (χ2n) is 9.09. The van der Waals surface area contributed by atoms with Crippen molar-refractivity contribution in [3.05, 3.63) is 79.2 Å². The SMILES string of the molecule is C=C/C(=C\C(=C)O)C(=N)N.CC.CC(C)C.NSc1ccccc1-c1ccc(OC2COC3CCOC32)nc1. The van der Waals surface area contributed by atoms with E-state index in [1.165, 1.54) is 24.1 Å². The monoisotopic (exact) mass is 556 g/mol. The summed E-state index contributed by atoms with van der Waals surface area (Å²) in [5.74, 6) is 1.16. The topological polar surface area (TPSA) is 137 Å². The minimum absolute atomic E-state index is 0.0332. The van der Waals surface area contributed by atoms with Crippen molar-refractivity contribution in [2.75, 3.05) is 13.2 Å². The molecule has 0 bridgehead atoms. The van der Waals surface area contributed by atoms with E-state index in [-0.39, 0.29) is 29.9 Å². The van der Waals surface area contributed by atoms with Gasteiger partial charge in [0.25, 0.3) is 0 Å². The Balaban J connectivity index is 0.000000399. The lowest BCUT2D eigenvalue weighted by molar-refractivity contribution is 0.0289. The van der Waals surface area contributed by atoms with Crippen LogP contribution in [0.2, 0.25) is 0 Å². The summed E-state index contributed by atoms with van der Waals surface area (Å²) < 4.78 is 17.3. The average molecular weight is 557 g/mol. The number of ether oxygens (including phenoxy) is 3. The molecule has 2 aliphatic heterocycles. The number of allylic oxidation sites excluding steroid dienone is 1. The molecule has 9 heteroatoms. The van der Waals surface area contributed by atoms with E-state index in [4.69, 9.17) is 35.6 Å². The van der Waals surface area contributed by atoms with Crippen molar-refractivity contribution in [1.29, 1.82) is 5.41 Å². The van der Waals surface area contributed by atoms with Crippen LogP contribution in [0.25, 0.3) is 11.1 Å². The normalized spacial score (nSPS) is 19.3. The fourth-order valence-corrected chi connectivity index (χ4v) is 4.00. The summed E-state index contributed by atoms with van der Waals surface area (Å²) in [5.41, 5.74) is 7.54. The Kier molecular flexibility index (Phi) is 15.9. The summed E-state index contributed by atoms with van der Waals surface area (Å²) in [5, 5.41) is 21.3. The summed E-state index contributed by atoms with van der Waals surface area (Å²) in [7, 11) is 0. The summed E-state index contributed by atoms with van der Waals surface area (Å²) in [4.78, 5) is 5.45. The first-order valence-corrected chi connectivity index (χ1v) is 13.9. The van der Waals surface area contributed by atoms with Crippen molar-refractivity contribution >= 4 is 17.8 Å². The van der Waals surface area contributed by atoms with E-state index >= 15 is 0 Å². The highest BCUT2D eigenvalue weighted by atomic mass is 32.2. The molecule has 0 saturated carbocycles. The molecule has 39 heavy (non-hydrogen) atoms. The number of nitrogens with two attached hydrogens (primary N) is 2. The van der Waals surface area contributed by atoms with Gasteiger partial charge in [-0.15, -0.1) is 0 Å². The van der Waals surface area contributed by atoms with Gasteiger partial charge < -0.3 is 25.1 Å². The van der Waals surface area contributed by atoms with Crippen molar-refractivity contribution in [2.24, 2.45) is 16.8 Å². The first-order chi connectivity index (χ1) is 18.7. The predicted molar refractivity (Wildman–Crippen MR) is 162 cm³/mol. The van der Waals surface area contributed by atoms with E-state index in [1.807, 2.05) is 56.4 Å². The number of benzene rings is 1. The third kappa shape index (κ3) is 11.7. The first kappa shape index (κ1) is 33.9. The lowest BCUT2D eigenvalue weighted by atomic mass is 10.1. The summed E-state index contributed by atoms with van der Waals surface area (Å²) >= 11 is 1.24. The molecule has 3 unspecified atom stereocenters. The highest BCUT2D eigenvalue weighted by Crippen LogP contribution is 2.31. The maximum atomic E-state index is 8.63. The molecule has 0 aliphatic carbocycles. The van der Waals surface area contributed by atoms with Crippen LogP contribution >= 0.6 is 11.9 Å². The molecule has 3 atom stereocenters. The third-order valence-electron chi connectivity index (χ3n) is 5.11. The summed E-state index contributed by atoms with van der Waals surface area (Å²) in [6.45, 7) is 18.4. The Hall–Kier alpha value is -3.11. The zero-order valence-electron chi connectivity index (χ0n) is 23.7. The van der Waals surface area contributed by atoms with Crippen LogP contribution in [-0.2, 0) is 9.47 Å². The smallest absolute Gasteiger partial charge is 0.213 e. The lowest BCUT2D eigenvalue weighted by Gasteiger charge is -2.17. The summed E-state index contributed by atoms with van der Waals surface area (Å²) in [6.07, 6.45) is 5.54. The molecule has 1 aromatic carbocycles. The lowest BCUT2D eigenvalue weighted by Crippen LogP contribution is -2.32. The number of hydrogen-bond acceptors (Lipinski definition) is 8. The molecule has 1 aromatic heterocycles. The number of hydrogen-bond donors (Lipinski definition) is 4. The van der Waals surface area contributed by atoms with E-state index in [0.29, 0.717) is 18.1 Å². The molecule has 0 amide bonds. The van der Waals surface area contributed by atoms with Crippen LogP contribution in [0.5, 0.6) is 5.88 Å². The maximum absolute atomic E-state index is 8.63. The number of aromatic nitrogens is 1. The number of pyridine rings is 1. The molecule has 2 fully saturated rings. The molecule has 8 nitrogen and oxygen atoms in total. The number of fused-ring (bicyclic) bond motifs is 1. The van der Waals surface area contributed by atoms with Crippen molar-refractivity contribution < 1.29 is 19.3 Å². The molecule has 4 rings (SSSR count). The first-order valence-electron chi connectivity index (χ1n) is 13.0. The van der Waals surface area contributed by atoms with Crippen molar-refractivity contribution in [2.45, 2.75) is 64.2 Å². The molecule has 214 valence electrons. The van der Waals surface area contributed by atoms with Crippen molar-refractivity contribution in [3.8, 4) is 17.0 Å². The Bertz CT molecular complexity index is 1070. The van der Waals surface area contributed by atoms with E-state index in [1.54, 1.807) is 0 Å². The molecule has 2 aliphatic rings. The zero-order chi connectivity index (χ0) is 29.4. The predicted octanol–water partition coefficient (Wildman–Crippen LogP) is 6.44. The van der Waals surface area contributed by atoms with Gasteiger partial charge in [-0.25, -0.2) is 4.98 Å². The van der Waals surface area contributed by atoms with Crippen LogP contribution in [-0.4, -0.2) is 47.5 Å². The van der Waals surface area contributed by atoms with E-state index in [2.05, 4.69) is 38.9 Å². The van der Waals surface area contributed by atoms with Gasteiger partial charge in [0.15, 0.2) is 6.10 Å². The number of aliphatic hydroxyl groups is 1. The van der Waals surface area contributed by atoms with Crippen LogP contribution in [0.1, 0.15) is 41.0 Å². The van der Waals surface area contributed by atoms with Gasteiger partial charge in [-0.1, -0.05) is 72.1 Å². The van der Waals surface area contributed by atoms with Crippen LogP contribution in [0.15, 0.2) is 84.1 Å². The Morgan fingerprint density at radius 3 is 2.38 bits per heavy atom. The quantitative estimate of drug-likeness (QED) is 0.100. The standard InChI is InChI=1S/C17H18N2O3S.C7H10N2O.C4H10.C2H6/c18-23-15-4-2-1-3-12(15)11-5-6-16(19-9-11)22-14-10-21-13-7-8-20-17(13)14;1-3-6(7(8)9)4-5(2)10;1-4(2)3;1-2/h1-6,9,13-14,17H,7-8,10,18H2;3-4,10H,1-2H2,(H3,8,9);4H,1-3H3;1-2H3/b;6-4+;;. The van der Waals surface area contributed by atoms with E-state index in [0.717, 1.165) is 35.0 Å². The molecular formula is C30H44N4O4S. The van der Waals surface area contributed by atoms with Crippen molar-refractivity contribution in [3.63, 3.8) is 0 Å². The number of rotatable bonds is 7. The number of nitrogens with zero attached hydrogens (tertiary/aromatic N) is 1. The molecule has 6 N–H and O–H groups in total. The number of amidine groups is 1. The Morgan fingerprint density at radius 1 is 1.21 bits per heavy atom. The molecule has 0 spiro atoms. The van der Waals surface area contributed by atoms with Crippen molar-refractivity contribution in [1.82, 2.24) is 4.98 Å². The van der Waals surface area contributed by atoms with E-state index in [9.17, 15) is 0 Å². The molecule has 2 aromatic rings. The average Bonchev–Trinajstić information content (AvgIpc) is 3.54. The number of aliphatic hydroxyl groups excluding tert-OH is 1. The largest absolute Gasteiger partial charge is 0.509 e. The fraction of sp³-hybridized carbons (Fsp3) is 0.400. The summed E-state index contributed by atoms with van der Waals surface area (Å²) in [6, 6.07) is 11.9. The van der Waals surface area contributed by atoms with Crippen LogP contribution in [0.4, 0.5) is 0 Å². The third-order valence-corrected chi connectivity index (χ3v) is 5.72. The van der Waals surface area contributed by atoms with E-state index < -0.39 is 0 Å². The van der Waals surface area contributed by atoms with Crippen LogP contribution in [0.3, 0.4) is 0 Å². The molecule has 2 saturated heterocycles. The molecular weight excluding hydrogens is 512 g/mol. The maximum Gasteiger partial charge on any atom is 0.213 e. The van der Waals surface area contributed by atoms with Gasteiger partial charge in [0.05, 0.1) is 12.7 Å². The van der Waals surface area contributed by atoms with Crippen LogP contribution in [0, 0.1) is 11.3 Å². The van der Waals surface area contributed by atoms with Gasteiger partial charge in [-0.05, 0) is 48.1 Å². The molecule has 3 heterocycles. The van der Waals surface area contributed by atoms with Gasteiger partial charge in [0, 0.05) is 34.9 Å². The minimum atomic E-state index is -0.134. The second kappa shape index (κ2) is 18.2. The second-order valence-corrected chi connectivity index (χ2v) is 9.77. The Labute approximate surface area is 237 Å². The van der Waals surface area contributed by atoms with Gasteiger partial charge in [-0.3, -0.25) is 10.5 Å². The fourth-order valence-electron chi connectivity index (χ4n) is 3.53. The molecule has 0 radical (unpaired) electrons.